The van der Waals surface area contributed by atoms with Crippen LogP contribution in [-0.2, 0) is 9.59 Å². The Morgan fingerprint density at radius 3 is 2.46 bits per heavy atom. The highest BCUT2D eigenvalue weighted by molar-refractivity contribution is 6.17. The molecular weight excluding hydrogens is 503 g/mol. The number of hydrogen-bond acceptors (Lipinski definition) is 5. The number of urea groups is 1. The molecule has 1 spiro atoms. The predicted molar refractivity (Wildman–Crippen MR) is 143 cm³/mol. The Morgan fingerprint density at radius 1 is 1.05 bits per heavy atom. The molecule has 2 aliphatic heterocycles. The normalized spacial score (nSPS) is 17.9. The van der Waals surface area contributed by atoms with Crippen LogP contribution in [-0.4, -0.2) is 65.3 Å². The molecule has 39 heavy (non-hydrogen) atoms. The highest BCUT2D eigenvalue weighted by Crippen LogP contribution is 2.41. The summed E-state index contributed by atoms with van der Waals surface area (Å²) in [5.74, 6) is -2.19. The van der Waals surface area contributed by atoms with Crippen LogP contribution in [0.15, 0.2) is 53.1 Å². The maximum absolute atomic E-state index is 14.3. The van der Waals surface area contributed by atoms with Crippen LogP contribution in [0.1, 0.15) is 42.6 Å². The predicted octanol–water partition coefficient (Wildman–Crippen LogP) is 4.09. The number of fused-ring (bicyclic) bond motifs is 1. The molecule has 0 aliphatic carbocycles. The molecule has 0 bridgehead atoms. The number of imide groups is 1. The van der Waals surface area contributed by atoms with Crippen molar-refractivity contribution >= 4 is 40.4 Å². The summed E-state index contributed by atoms with van der Waals surface area (Å²) in [6.07, 6.45) is 2.04. The lowest BCUT2D eigenvalue weighted by Gasteiger charge is -2.43. The van der Waals surface area contributed by atoms with E-state index in [1.807, 2.05) is 19.9 Å². The van der Waals surface area contributed by atoms with Crippen molar-refractivity contribution in [2.75, 3.05) is 25.0 Å². The average Bonchev–Trinajstić information content (AvgIpc) is 3.45. The van der Waals surface area contributed by atoms with Gasteiger partial charge in [-0.3, -0.25) is 24.2 Å². The number of piperidine rings is 1. The highest BCUT2D eigenvalue weighted by atomic mass is 19.1. The molecule has 1 N–H and O–H groups in total. The Balaban J connectivity index is 1.36. The lowest BCUT2D eigenvalue weighted by molar-refractivity contribution is -0.139. The molecule has 9 nitrogen and oxygen atoms in total. The number of anilines is 1. The summed E-state index contributed by atoms with van der Waals surface area (Å²) in [5.41, 5.74) is 0.744. The molecule has 5 amide bonds. The number of nitrogens with one attached hydrogen (secondary N) is 1. The van der Waals surface area contributed by atoms with E-state index in [2.05, 4.69) is 5.32 Å². The van der Waals surface area contributed by atoms with Gasteiger partial charge < -0.3 is 14.6 Å². The van der Waals surface area contributed by atoms with Gasteiger partial charge in [0.2, 0.25) is 5.91 Å². The van der Waals surface area contributed by atoms with Crippen molar-refractivity contribution in [2.24, 2.45) is 5.92 Å². The van der Waals surface area contributed by atoms with E-state index in [0.29, 0.717) is 11.3 Å². The van der Waals surface area contributed by atoms with Gasteiger partial charge in [-0.15, -0.1) is 0 Å². The van der Waals surface area contributed by atoms with Gasteiger partial charge in [0, 0.05) is 31.2 Å². The van der Waals surface area contributed by atoms with Gasteiger partial charge in [-0.05, 0) is 62.1 Å². The van der Waals surface area contributed by atoms with Crippen molar-refractivity contribution in [1.82, 2.24) is 15.1 Å². The lowest BCUT2D eigenvalue weighted by atomic mass is 9.85. The van der Waals surface area contributed by atoms with E-state index in [9.17, 15) is 23.6 Å². The Bertz CT molecular complexity index is 1470. The molecule has 2 aliphatic rings. The topological polar surface area (TPSA) is 103 Å². The fourth-order valence-corrected chi connectivity index (χ4v) is 5.56. The van der Waals surface area contributed by atoms with Crippen molar-refractivity contribution < 1.29 is 28.0 Å². The molecule has 3 aromatic rings. The van der Waals surface area contributed by atoms with E-state index in [-0.39, 0.29) is 49.2 Å². The van der Waals surface area contributed by atoms with Crippen LogP contribution in [0, 0.1) is 18.7 Å². The first-order valence-corrected chi connectivity index (χ1v) is 13.0. The molecular formula is C29H31FN4O5. The maximum Gasteiger partial charge on any atom is 0.331 e. The van der Waals surface area contributed by atoms with Crippen molar-refractivity contribution in [3.8, 4) is 0 Å². The van der Waals surface area contributed by atoms with Gasteiger partial charge in [-0.1, -0.05) is 25.5 Å². The zero-order valence-corrected chi connectivity index (χ0v) is 22.4. The largest absolute Gasteiger partial charge is 0.464 e. The number of benzene rings is 2. The molecule has 10 heteroatoms. The number of carbonyl (C=O) groups is 4. The van der Waals surface area contributed by atoms with Crippen LogP contribution in [0.25, 0.3) is 11.0 Å². The van der Waals surface area contributed by atoms with Crippen LogP contribution in [0.3, 0.4) is 0 Å². The molecule has 204 valence electrons. The van der Waals surface area contributed by atoms with E-state index in [0.717, 1.165) is 15.8 Å². The van der Waals surface area contributed by atoms with Crippen molar-refractivity contribution in [1.29, 1.82) is 0 Å². The summed E-state index contributed by atoms with van der Waals surface area (Å²) in [7, 11) is 1.47. The molecule has 0 radical (unpaired) electrons. The number of hydrogen-bond donors (Lipinski definition) is 1. The number of amides is 5. The molecule has 3 heterocycles. The Labute approximate surface area is 225 Å². The van der Waals surface area contributed by atoms with Crippen LogP contribution in [0.4, 0.5) is 14.9 Å². The number of carbonyl (C=O) groups excluding carboxylic acids is 4. The summed E-state index contributed by atoms with van der Waals surface area (Å²) >= 11 is 0. The molecule has 2 fully saturated rings. The standard InChI is InChI=1S/C29H31FN4O5/c1-17(2)24(31-25(35)21-15-18(3)5-7-22(21)30)26(36)33-12-10-29(11-13-33)27(37)32(4)28(38)34(29)20-6-8-23-19(16-20)9-14-39-23/h5-9,14-17,24H,10-13H2,1-4H3,(H,31,35)/t24-/m1/s1. The first-order valence-electron chi connectivity index (χ1n) is 13.0. The van der Waals surface area contributed by atoms with Crippen molar-refractivity contribution in [3.63, 3.8) is 0 Å². The second-order valence-corrected chi connectivity index (χ2v) is 10.7. The van der Waals surface area contributed by atoms with Gasteiger partial charge in [-0.2, -0.15) is 0 Å². The monoisotopic (exact) mass is 534 g/mol. The number of furan rings is 1. The van der Waals surface area contributed by atoms with Crippen LogP contribution < -0.4 is 10.2 Å². The first-order chi connectivity index (χ1) is 18.5. The minimum absolute atomic E-state index is 0.116. The fraction of sp³-hybridized carbons (Fsp3) is 0.379. The van der Waals surface area contributed by atoms with Crippen LogP contribution >= 0.6 is 0 Å². The lowest BCUT2D eigenvalue weighted by Crippen LogP contribution is -2.60. The smallest absolute Gasteiger partial charge is 0.331 e. The molecule has 2 saturated heterocycles. The van der Waals surface area contributed by atoms with Crippen LogP contribution in [0.2, 0.25) is 0 Å². The second kappa shape index (κ2) is 9.83. The number of rotatable bonds is 5. The summed E-state index contributed by atoms with van der Waals surface area (Å²) in [6.45, 7) is 5.81. The molecule has 1 aromatic heterocycles. The number of likely N-dealkylation sites (tertiary alicyclic amines) is 1. The minimum atomic E-state index is -1.12. The quantitative estimate of drug-likeness (QED) is 0.497. The summed E-state index contributed by atoms with van der Waals surface area (Å²) < 4.78 is 19.7. The zero-order chi connectivity index (χ0) is 28.1. The average molecular weight is 535 g/mol. The van der Waals surface area contributed by atoms with Gasteiger partial charge in [0.05, 0.1) is 11.8 Å². The van der Waals surface area contributed by atoms with Gasteiger partial charge in [0.1, 0.15) is 23.0 Å². The molecule has 2 aromatic carbocycles. The van der Waals surface area contributed by atoms with E-state index in [1.54, 1.807) is 42.4 Å². The van der Waals surface area contributed by atoms with E-state index in [1.165, 1.54) is 24.1 Å². The minimum Gasteiger partial charge on any atom is -0.464 e. The Hall–Kier alpha value is -4.21. The third kappa shape index (κ3) is 4.43. The van der Waals surface area contributed by atoms with Gasteiger partial charge in [0.15, 0.2) is 0 Å². The summed E-state index contributed by atoms with van der Waals surface area (Å²) in [4.78, 5) is 57.4. The number of aryl methyl sites for hydroxylation is 1. The van der Waals surface area contributed by atoms with E-state index >= 15 is 0 Å². The Kier molecular flexibility index (Phi) is 6.65. The van der Waals surface area contributed by atoms with E-state index in [4.69, 9.17) is 4.42 Å². The Morgan fingerprint density at radius 2 is 1.77 bits per heavy atom. The van der Waals surface area contributed by atoms with Gasteiger partial charge in [-0.25, -0.2) is 9.18 Å². The molecule has 5 rings (SSSR count). The van der Waals surface area contributed by atoms with Crippen LogP contribution in [0.5, 0.6) is 0 Å². The van der Waals surface area contributed by atoms with E-state index < -0.39 is 29.3 Å². The number of likely N-dealkylation sites (N-methyl/N-ethyl adjacent to an activating group) is 1. The van der Waals surface area contributed by atoms with Crippen molar-refractivity contribution in [2.45, 2.75) is 45.2 Å². The summed E-state index contributed by atoms with van der Waals surface area (Å²) in [5, 5.41) is 3.52. The highest BCUT2D eigenvalue weighted by Gasteiger charge is 2.58. The fourth-order valence-electron chi connectivity index (χ4n) is 5.56. The number of halogens is 1. The first kappa shape index (κ1) is 26.4. The van der Waals surface area contributed by atoms with Gasteiger partial charge in [0.25, 0.3) is 11.8 Å². The third-order valence-corrected chi connectivity index (χ3v) is 7.79. The van der Waals surface area contributed by atoms with Gasteiger partial charge >= 0.3 is 6.03 Å². The molecule has 0 unspecified atom stereocenters. The molecule has 0 saturated carbocycles. The second-order valence-electron chi connectivity index (χ2n) is 10.7. The third-order valence-electron chi connectivity index (χ3n) is 7.79. The summed E-state index contributed by atoms with van der Waals surface area (Å²) in [6, 6.07) is 10.1. The SMILES string of the molecule is Cc1ccc(F)c(C(=O)N[C@@H](C(=O)N2CCC3(CC2)C(=O)N(C)C(=O)N3c2ccc3occc3c2)C(C)C)c1. The van der Waals surface area contributed by atoms with Crippen molar-refractivity contribution in [3.05, 3.63) is 65.7 Å². The number of nitrogens with zero attached hydrogens (tertiary/aromatic N) is 3. The maximum atomic E-state index is 14.3. The zero-order valence-electron chi connectivity index (χ0n) is 22.4. The molecule has 1 atom stereocenters.